The minimum Gasteiger partial charge on any atom is -0.466 e. The van der Waals surface area contributed by atoms with Crippen molar-refractivity contribution in [3.05, 3.63) is 47.2 Å². The van der Waals surface area contributed by atoms with Gasteiger partial charge in [-0.2, -0.15) is 0 Å². The summed E-state index contributed by atoms with van der Waals surface area (Å²) < 4.78 is 8.03. The lowest BCUT2D eigenvalue weighted by atomic mass is 9.85. The van der Waals surface area contributed by atoms with E-state index in [0.717, 1.165) is 26.9 Å². The molecule has 0 saturated heterocycles. The van der Waals surface area contributed by atoms with Gasteiger partial charge in [0.1, 0.15) is 5.52 Å². The Morgan fingerprint density at radius 3 is 2.77 bits per heavy atom. The number of ether oxygens (including phenoxy) is 1. The average molecular weight is 542 g/mol. The number of aryl methyl sites for hydroxylation is 1. The predicted octanol–water partition coefficient (Wildman–Crippen LogP) is 3.18. The number of imidazole rings is 1. The lowest BCUT2D eigenvalue weighted by molar-refractivity contribution is -0.145. The molecule has 2 aromatic heterocycles. The number of anilines is 1. The van der Waals surface area contributed by atoms with Crippen molar-refractivity contribution in [1.82, 2.24) is 24.4 Å². The summed E-state index contributed by atoms with van der Waals surface area (Å²) in [5.41, 5.74) is 3.21. The van der Waals surface area contributed by atoms with Crippen LogP contribution < -0.4 is 5.32 Å². The first-order valence-corrected chi connectivity index (χ1v) is 12.3. The molecule has 1 aliphatic heterocycles. The lowest BCUT2D eigenvalue weighted by Crippen LogP contribution is -2.45. The second-order valence-electron chi connectivity index (χ2n) is 8.45. The van der Waals surface area contributed by atoms with E-state index < -0.39 is 0 Å². The number of carbonyl (C=O) groups excluding carboxylic acids is 2. The van der Waals surface area contributed by atoms with E-state index in [2.05, 4.69) is 41.2 Å². The van der Waals surface area contributed by atoms with Crippen LogP contribution in [0.5, 0.6) is 0 Å². The smallest absolute Gasteiger partial charge is 0.302 e. The molecule has 0 saturated carbocycles. The first-order chi connectivity index (χ1) is 16.9. The van der Waals surface area contributed by atoms with Gasteiger partial charge < -0.3 is 14.6 Å². The predicted molar refractivity (Wildman–Crippen MR) is 136 cm³/mol. The standard InChI is InChI=1S/C24H28BrN7O3/c1-4-18(16(13-35-15(2)33)11-17-12-26-14-31(17)3)23(34)32-10-9-29-24(32)30-19-5-6-20-22(21(19)25)28-8-7-27-20/h5-8,12,14,16,18H,4,9-11,13H2,1-3H3,(H,29,30)/t16-,18?/m0/s1. The molecule has 1 N–H and O–H groups in total. The van der Waals surface area contributed by atoms with Crippen LogP contribution in [-0.2, 0) is 27.8 Å². The fourth-order valence-corrected chi connectivity index (χ4v) is 4.83. The number of nitrogens with zero attached hydrogens (tertiary/aromatic N) is 6. The highest BCUT2D eigenvalue weighted by molar-refractivity contribution is 9.10. The minimum atomic E-state index is -0.364. The van der Waals surface area contributed by atoms with Gasteiger partial charge in [-0.15, -0.1) is 0 Å². The Hall–Kier alpha value is -3.34. The Labute approximate surface area is 211 Å². The van der Waals surface area contributed by atoms with Crippen molar-refractivity contribution in [2.45, 2.75) is 26.7 Å². The Bertz CT molecular complexity index is 1260. The summed E-state index contributed by atoms with van der Waals surface area (Å²) in [6, 6.07) is 3.75. The van der Waals surface area contributed by atoms with Crippen LogP contribution in [0.15, 0.2) is 46.5 Å². The zero-order valence-corrected chi connectivity index (χ0v) is 21.5. The number of hydrogen-bond donors (Lipinski definition) is 1. The molecule has 3 heterocycles. The van der Waals surface area contributed by atoms with Crippen molar-refractivity contribution in [3.63, 3.8) is 0 Å². The first kappa shape index (κ1) is 24.8. The van der Waals surface area contributed by atoms with Crippen molar-refractivity contribution in [3.8, 4) is 0 Å². The fourth-order valence-electron chi connectivity index (χ4n) is 4.29. The minimum absolute atomic E-state index is 0.0488. The zero-order chi connectivity index (χ0) is 24.9. The largest absolute Gasteiger partial charge is 0.466 e. The summed E-state index contributed by atoms with van der Waals surface area (Å²) in [7, 11) is 1.91. The molecule has 184 valence electrons. The number of esters is 1. The molecule has 0 spiro atoms. The maximum absolute atomic E-state index is 13.8. The SMILES string of the molecule is CCC(C(=O)N1CCN=C1Nc1ccc2nccnc2c1Br)[C@H](COC(C)=O)Cc1cncn1C. The molecule has 11 heteroatoms. The Kier molecular flexibility index (Phi) is 7.74. The van der Waals surface area contributed by atoms with E-state index >= 15 is 0 Å². The number of benzene rings is 1. The second-order valence-corrected chi connectivity index (χ2v) is 9.24. The summed E-state index contributed by atoms with van der Waals surface area (Å²) in [5, 5.41) is 3.30. The third kappa shape index (κ3) is 5.50. The van der Waals surface area contributed by atoms with Gasteiger partial charge in [-0.3, -0.25) is 29.4 Å². The molecule has 1 amide bonds. The van der Waals surface area contributed by atoms with Crippen LogP contribution in [0, 0.1) is 11.8 Å². The fraction of sp³-hybridized carbons (Fsp3) is 0.417. The number of hydrogen-bond acceptors (Lipinski definition) is 8. The number of aliphatic imine (C=N–C) groups is 1. The second kappa shape index (κ2) is 10.9. The van der Waals surface area contributed by atoms with Crippen LogP contribution in [0.4, 0.5) is 5.69 Å². The summed E-state index contributed by atoms with van der Waals surface area (Å²) >= 11 is 3.61. The molecule has 10 nitrogen and oxygen atoms in total. The molecule has 3 aromatic rings. The number of halogens is 1. The van der Waals surface area contributed by atoms with Crippen LogP contribution in [-0.4, -0.2) is 62.0 Å². The first-order valence-electron chi connectivity index (χ1n) is 11.5. The third-order valence-electron chi connectivity index (χ3n) is 6.15. The molecule has 4 rings (SSSR count). The van der Waals surface area contributed by atoms with Crippen molar-refractivity contribution in [1.29, 1.82) is 0 Å². The van der Waals surface area contributed by atoms with Crippen LogP contribution in [0.1, 0.15) is 26.0 Å². The Morgan fingerprint density at radius 1 is 1.26 bits per heavy atom. The number of nitrogens with one attached hydrogen (secondary N) is 1. The van der Waals surface area contributed by atoms with E-state index in [9.17, 15) is 9.59 Å². The summed E-state index contributed by atoms with van der Waals surface area (Å²) in [5.74, 6) is -0.482. The van der Waals surface area contributed by atoms with Gasteiger partial charge in [0, 0.05) is 56.6 Å². The van der Waals surface area contributed by atoms with Crippen LogP contribution in [0.3, 0.4) is 0 Å². The van der Waals surface area contributed by atoms with Crippen LogP contribution in [0.25, 0.3) is 11.0 Å². The van der Waals surface area contributed by atoms with Crippen molar-refractivity contribution >= 4 is 50.5 Å². The van der Waals surface area contributed by atoms with E-state index in [-0.39, 0.29) is 30.3 Å². The van der Waals surface area contributed by atoms with Crippen LogP contribution >= 0.6 is 15.9 Å². The summed E-state index contributed by atoms with van der Waals surface area (Å²) in [4.78, 5) is 44.5. The highest BCUT2D eigenvalue weighted by Gasteiger charge is 2.35. The molecule has 0 aliphatic carbocycles. The van der Waals surface area contributed by atoms with Crippen molar-refractivity contribution < 1.29 is 14.3 Å². The highest BCUT2D eigenvalue weighted by Crippen LogP contribution is 2.30. The van der Waals surface area contributed by atoms with Gasteiger partial charge in [0.2, 0.25) is 11.9 Å². The number of amides is 1. The Balaban J connectivity index is 1.55. The van der Waals surface area contributed by atoms with Crippen molar-refractivity contribution in [2.24, 2.45) is 23.9 Å². The normalized spacial score (nSPS) is 15.1. The number of guanidine groups is 1. The Morgan fingerprint density at radius 2 is 2.06 bits per heavy atom. The lowest BCUT2D eigenvalue weighted by Gasteiger charge is -2.30. The summed E-state index contributed by atoms with van der Waals surface area (Å²) in [6.45, 7) is 4.50. The van der Waals surface area contributed by atoms with E-state index in [0.29, 0.717) is 31.9 Å². The third-order valence-corrected chi connectivity index (χ3v) is 6.95. The molecule has 0 fully saturated rings. The number of rotatable bonds is 8. The van der Waals surface area contributed by atoms with Gasteiger partial charge >= 0.3 is 5.97 Å². The number of fused-ring (bicyclic) bond motifs is 1. The molecule has 1 aliphatic rings. The zero-order valence-electron chi connectivity index (χ0n) is 19.9. The maximum atomic E-state index is 13.8. The van der Waals surface area contributed by atoms with Crippen molar-refractivity contribution in [2.75, 3.05) is 25.0 Å². The van der Waals surface area contributed by atoms with Gasteiger partial charge in [-0.1, -0.05) is 6.92 Å². The van der Waals surface area contributed by atoms with Gasteiger partial charge in [0.15, 0.2) is 0 Å². The monoisotopic (exact) mass is 541 g/mol. The molecule has 1 unspecified atom stereocenters. The quantitative estimate of drug-likeness (QED) is 0.435. The highest BCUT2D eigenvalue weighted by atomic mass is 79.9. The van der Waals surface area contributed by atoms with Gasteiger partial charge in [0.25, 0.3) is 0 Å². The van der Waals surface area contributed by atoms with Gasteiger partial charge in [-0.25, -0.2) is 4.98 Å². The van der Waals surface area contributed by atoms with Gasteiger partial charge in [0.05, 0.1) is 35.2 Å². The van der Waals surface area contributed by atoms with E-state index in [4.69, 9.17) is 4.74 Å². The molecule has 0 bridgehead atoms. The average Bonchev–Trinajstić information content (AvgIpc) is 3.48. The van der Waals surface area contributed by atoms with E-state index in [1.807, 2.05) is 30.7 Å². The van der Waals surface area contributed by atoms with Gasteiger partial charge in [-0.05, 0) is 40.9 Å². The molecule has 1 aromatic carbocycles. The topological polar surface area (TPSA) is 115 Å². The molecule has 0 radical (unpaired) electrons. The van der Waals surface area contributed by atoms with E-state index in [1.165, 1.54) is 6.92 Å². The molecule has 2 atom stereocenters. The van der Waals surface area contributed by atoms with Crippen LogP contribution in [0.2, 0.25) is 0 Å². The molecular weight excluding hydrogens is 514 g/mol. The molecular formula is C24H28BrN7O3. The number of aromatic nitrogens is 4. The number of carbonyl (C=O) groups is 2. The maximum Gasteiger partial charge on any atom is 0.302 e. The van der Waals surface area contributed by atoms with E-state index in [1.54, 1.807) is 29.8 Å². The summed E-state index contributed by atoms with van der Waals surface area (Å²) in [6.07, 6.45) is 7.95. The molecule has 35 heavy (non-hydrogen) atoms.